The zero-order valence-corrected chi connectivity index (χ0v) is 22.0. The number of nitrogens with zero attached hydrogens (tertiary/aromatic N) is 2. The number of aromatic nitrogens is 1. The summed E-state index contributed by atoms with van der Waals surface area (Å²) in [6.07, 6.45) is 3.65. The van der Waals surface area contributed by atoms with Crippen molar-refractivity contribution >= 4 is 55.8 Å². The van der Waals surface area contributed by atoms with Crippen molar-refractivity contribution in [3.63, 3.8) is 0 Å². The molecule has 188 valence electrons. The molecule has 1 fully saturated rings. The van der Waals surface area contributed by atoms with E-state index >= 15 is 0 Å². The third kappa shape index (κ3) is 5.73. The highest BCUT2D eigenvalue weighted by Crippen LogP contribution is 2.34. The van der Waals surface area contributed by atoms with Crippen molar-refractivity contribution in [1.29, 1.82) is 0 Å². The van der Waals surface area contributed by atoms with Gasteiger partial charge in [-0.25, -0.2) is 4.39 Å². The van der Waals surface area contributed by atoms with Gasteiger partial charge in [-0.05, 0) is 60.3 Å². The van der Waals surface area contributed by atoms with Crippen LogP contribution in [0, 0.1) is 5.82 Å². The molecular weight excluding hydrogens is 559 g/mol. The first-order valence-corrected chi connectivity index (χ1v) is 13.2. The quantitative estimate of drug-likeness (QED) is 0.205. The zero-order chi connectivity index (χ0) is 25.8. The minimum atomic E-state index is -0.408. The Morgan fingerprint density at radius 3 is 2.49 bits per heavy atom. The van der Waals surface area contributed by atoms with E-state index in [1.807, 2.05) is 59.3 Å². The van der Waals surface area contributed by atoms with E-state index in [9.17, 15) is 14.0 Å². The van der Waals surface area contributed by atoms with Gasteiger partial charge in [0.05, 0.1) is 18.0 Å². The average molecular weight is 581 g/mol. The molecule has 6 nitrogen and oxygen atoms in total. The predicted octanol–water partition coefficient (Wildman–Crippen LogP) is 6.74. The molecule has 1 aliphatic rings. The highest BCUT2D eigenvalue weighted by molar-refractivity contribution is 9.10. The molecule has 0 bridgehead atoms. The number of halogens is 2. The number of benzene rings is 3. The molecule has 2 heterocycles. The molecule has 0 N–H and O–H groups in total. The van der Waals surface area contributed by atoms with Crippen LogP contribution in [0.15, 0.2) is 88.4 Å². The molecule has 0 spiro atoms. The lowest BCUT2D eigenvalue weighted by Gasteiger charge is -2.13. The van der Waals surface area contributed by atoms with Gasteiger partial charge in [0.1, 0.15) is 19.0 Å². The van der Waals surface area contributed by atoms with Gasteiger partial charge in [0.15, 0.2) is 11.6 Å². The number of hydrogen-bond acceptors (Lipinski definition) is 5. The highest BCUT2D eigenvalue weighted by atomic mass is 79.9. The molecule has 1 aromatic heterocycles. The summed E-state index contributed by atoms with van der Waals surface area (Å²) in [5.41, 5.74) is 1.73. The summed E-state index contributed by atoms with van der Waals surface area (Å²) in [7, 11) is 0. The van der Waals surface area contributed by atoms with Crippen molar-refractivity contribution in [2.24, 2.45) is 0 Å². The molecule has 9 heteroatoms. The second-order valence-electron chi connectivity index (χ2n) is 8.21. The van der Waals surface area contributed by atoms with Crippen molar-refractivity contribution < 1.29 is 23.5 Å². The average Bonchev–Trinajstić information content (AvgIpc) is 3.37. The van der Waals surface area contributed by atoms with E-state index in [0.29, 0.717) is 17.2 Å². The van der Waals surface area contributed by atoms with Crippen molar-refractivity contribution in [3.8, 4) is 11.5 Å². The number of carbonyl (C=O) groups is 2. The Labute approximate surface area is 225 Å². The Bertz CT molecular complexity index is 1490. The maximum absolute atomic E-state index is 13.9. The molecule has 2 amide bonds. The molecule has 0 saturated carbocycles. The van der Waals surface area contributed by atoms with Crippen LogP contribution >= 0.6 is 27.7 Å². The number of imide groups is 1. The first-order valence-electron chi connectivity index (χ1n) is 11.6. The van der Waals surface area contributed by atoms with Gasteiger partial charge in [-0.2, -0.15) is 0 Å². The molecule has 0 unspecified atom stereocenters. The van der Waals surface area contributed by atoms with E-state index in [4.69, 9.17) is 9.47 Å². The third-order valence-corrected chi connectivity index (χ3v) is 7.19. The van der Waals surface area contributed by atoms with Gasteiger partial charge in [0, 0.05) is 27.1 Å². The lowest BCUT2D eigenvalue weighted by atomic mass is 10.1. The highest BCUT2D eigenvalue weighted by Gasteiger charge is 2.35. The molecule has 5 rings (SSSR count). The molecule has 37 heavy (non-hydrogen) atoms. The summed E-state index contributed by atoms with van der Waals surface area (Å²) in [6, 6.07) is 21.4. The molecule has 0 atom stereocenters. The molecule has 3 aromatic carbocycles. The number of amides is 2. The van der Waals surface area contributed by atoms with E-state index in [1.165, 1.54) is 11.0 Å². The van der Waals surface area contributed by atoms with E-state index in [1.54, 1.807) is 24.3 Å². The van der Waals surface area contributed by atoms with Gasteiger partial charge >= 0.3 is 0 Å². The number of rotatable bonds is 9. The fourth-order valence-electron chi connectivity index (χ4n) is 4.02. The normalized spacial score (nSPS) is 14.6. The minimum absolute atomic E-state index is 0.164. The summed E-state index contributed by atoms with van der Waals surface area (Å²) < 4.78 is 28.1. The SMILES string of the molecule is O=C1S/C(=C\c2cn(CCOc3ccccc3F)c3ccc(Br)cc23)C(=O)N1CCOc1ccccc1. The topological polar surface area (TPSA) is 60.8 Å². The third-order valence-electron chi connectivity index (χ3n) is 5.79. The van der Waals surface area contributed by atoms with Crippen molar-refractivity contribution in [2.75, 3.05) is 19.8 Å². The van der Waals surface area contributed by atoms with Crippen LogP contribution in [-0.2, 0) is 11.3 Å². The van der Waals surface area contributed by atoms with Gasteiger partial charge in [0.25, 0.3) is 11.1 Å². The Morgan fingerprint density at radius 2 is 1.68 bits per heavy atom. The first-order chi connectivity index (χ1) is 18.0. The van der Waals surface area contributed by atoms with Crippen molar-refractivity contribution in [1.82, 2.24) is 9.47 Å². The molecule has 1 saturated heterocycles. The van der Waals surface area contributed by atoms with Crippen molar-refractivity contribution in [2.45, 2.75) is 6.54 Å². The lowest BCUT2D eigenvalue weighted by Crippen LogP contribution is -2.32. The van der Waals surface area contributed by atoms with E-state index < -0.39 is 5.82 Å². The Kier molecular flexibility index (Phi) is 7.62. The fraction of sp³-hybridized carbons (Fsp3) is 0.143. The van der Waals surface area contributed by atoms with Crippen LogP contribution in [0.1, 0.15) is 5.56 Å². The summed E-state index contributed by atoms with van der Waals surface area (Å²) in [6.45, 7) is 1.11. The van der Waals surface area contributed by atoms with Gasteiger partial charge in [-0.3, -0.25) is 14.5 Å². The van der Waals surface area contributed by atoms with Crippen LogP contribution in [0.3, 0.4) is 0 Å². The smallest absolute Gasteiger partial charge is 0.293 e. The van der Waals surface area contributed by atoms with E-state index in [-0.39, 0.29) is 36.7 Å². The maximum Gasteiger partial charge on any atom is 0.293 e. The summed E-state index contributed by atoms with van der Waals surface area (Å²) >= 11 is 4.43. The Balaban J connectivity index is 1.32. The number of thioether (sulfide) groups is 1. The predicted molar refractivity (Wildman–Crippen MR) is 146 cm³/mol. The maximum atomic E-state index is 13.9. The van der Waals surface area contributed by atoms with Crippen LogP contribution in [0.5, 0.6) is 11.5 Å². The largest absolute Gasteiger partial charge is 0.492 e. The second-order valence-corrected chi connectivity index (χ2v) is 10.1. The number of fused-ring (bicyclic) bond motifs is 1. The standard InChI is InChI=1S/C28H22BrFN2O4S/c29-20-10-11-24-22(17-20)19(18-31(24)12-14-36-25-9-5-4-8-23(25)30)16-26-27(33)32(28(34)37-26)13-15-35-21-6-2-1-3-7-21/h1-11,16-18H,12-15H2/b26-16-. The molecule has 0 aliphatic carbocycles. The number of ether oxygens (including phenoxy) is 2. The number of hydrogen-bond donors (Lipinski definition) is 0. The number of carbonyl (C=O) groups excluding carboxylic acids is 2. The van der Waals surface area contributed by atoms with Gasteiger partial charge in [-0.1, -0.05) is 46.3 Å². The zero-order valence-electron chi connectivity index (χ0n) is 19.6. The van der Waals surface area contributed by atoms with Gasteiger partial charge in [-0.15, -0.1) is 0 Å². The molecule has 4 aromatic rings. The lowest BCUT2D eigenvalue weighted by molar-refractivity contribution is -0.123. The van der Waals surface area contributed by atoms with Crippen LogP contribution < -0.4 is 9.47 Å². The van der Waals surface area contributed by atoms with Crippen molar-refractivity contribution in [3.05, 3.63) is 99.8 Å². The number of para-hydroxylation sites is 2. The first kappa shape index (κ1) is 25.1. The van der Waals surface area contributed by atoms with Gasteiger partial charge < -0.3 is 14.0 Å². The molecule has 1 aliphatic heterocycles. The summed E-state index contributed by atoms with van der Waals surface area (Å²) in [4.78, 5) is 27.1. The van der Waals surface area contributed by atoms with Crippen LogP contribution in [0.25, 0.3) is 17.0 Å². The monoisotopic (exact) mass is 580 g/mol. The van der Waals surface area contributed by atoms with Crippen LogP contribution in [0.4, 0.5) is 9.18 Å². The van der Waals surface area contributed by atoms with Crippen LogP contribution in [-0.4, -0.2) is 40.4 Å². The Hall–Kier alpha value is -3.56. The second kappa shape index (κ2) is 11.2. The molecular formula is C28H22BrFN2O4S. The van der Waals surface area contributed by atoms with Crippen LogP contribution in [0.2, 0.25) is 0 Å². The molecule has 0 radical (unpaired) electrons. The van der Waals surface area contributed by atoms with E-state index in [0.717, 1.165) is 32.7 Å². The fourth-order valence-corrected chi connectivity index (χ4v) is 5.24. The minimum Gasteiger partial charge on any atom is -0.492 e. The Morgan fingerprint density at radius 1 is 0.919 bits per heavy atom. The van der Waals surface area contributed by atoms with E-state index in [2.05, 4.69) is 15.9 Å². The summed E-state index contributed by atoms with van der Waals surface area (Å²) in [5, 5.41) is 0.593. The summed E-state index contributed by atoms with van der Waals surface area (Å²) in [5.74, 6) is 0.133. The van der Waals surface area contributed by atoms with Gasteiger partial charge in [0.2, 0.25) is 0 Å².